The molecule has 2 saturated carbocycles. The van der Waals surface area contributed by atoms with Crippen LogP contribution in [0.4, 0.5) is 0 Å². The van der Waals surface area contributed by atoms with Crippen molar-refractivity contribution in [2.75, 3.05) is 13.2 Å². The number of nitrogens with zero attached hydrogens (tertiary/aromatic N) is 1. The Morgan fingerprint density at radius 1 is 1.12 bits per heavy atom. The van der Waals surface area contributed by atoms with Gasteiger partial charge in [-0.3, -0.25) is 4.79 Å². The third-order valence-electron chi connectivity index (χ3n) is 4.81. The molecule has 3 nitrogen and oxygen atoms in total. The van der Waals surface area contributed by atoms with Crippen LogP contribution in [0.3, 0.4) is 0 Å². The van der Waals surface area contributed by atoms with Crippen LogP contribution >= 0.6 is 0 Å². The van der Waals surface area contributed by atoms with Crippen molar-refractivity contribution in [3.05, 3.63) is 0 Å². The van der Waals surface area contributed by atoms with E-state index in [-0.39, 0.29) is 12.6 Å². The van der Waals surface area contributed by atoms with Crippen molar-refractivity contribution in [1.29, 1.82) is 0 Å². The molecule has 1 N–H and O–H groups in total. The largest absolute Gasteiger partial charge is 0.394 e. The summed E-state index contributed by atoms with van der Waals surface area (Å²) in [6, 6.07) is 0.121. The van der Waals surface area contributed by atoms with Gasteiger partial charge in [-0.25, -0.2) is 0 Å². The first kappa shape index (κ1) is 10.6. The van der Waals surface area contributed by atoms with Crippen molar-refractivity contribution in [3.8, 4) is 0 Å². The summed E-state index contributed by atoms with van der Waals surface area (Å²) in [5, 5.41) is 9.25. The zero-order chi connectivity index (χ0) is 11.1. The molecule has 2 unspecified atom stereocenters. The molecule has 0 bridgehead atoms. The standard InChI is InChI=1S/C13H21NO2/c15-8-9-4-3-7-14(9)13(16)12-10-5-1-2-6-11(10)12/h9-12,15H,1-8H2/t9-,10?,11?,12?/m0/s1. The number of likely N-dealkylation sites (tertiary alicyclic amines) is 1. The predicted molar refractivity (Wildman–Crippen MR) is 60.8 cm³/mol. The van der Waals surface area contributed by atoms with E-state index in [0.717, 1.165) is 19.4 Å². The highest BCUT2D eigenvalue weighted by Crippen LogP contribution is 2.56. The summed E-state index contributed by atoms with van der Waals surface area (Å²) in [5.74, 6) is 2.07. The molecule has 3 aliphatic rings. The van der Waals surface area contributed by atoms with E-state index in [9.17, 15) is 9.90 Å². The minimum absolute atomic E-state index is 0.121. The third kappa shape index (κ3) is 1.56. The number of hydrogen-bond acceptors (Lipinski definition) is 2. The molecular formula is C13H21NO2. The van der Waals surface area contributed by atoms with Gasteiger partial charge in [0.15, 0.2) is 0 Å². The molecule has 3 heteroatoms. The van der Waals surface area contributed by atoms with Gasteiger partial charge in [0.05, 0.1) is 12.6 Å². The predicted octanol–water partition coefficient (Wildman–Crippen LogP) is 1.41. The van der Waals surface area contributed by atoms with E-state index in [1.165, 1.54) is 25.7 Å². The lowest BCUT2D eigenvalue weighted by Gasteiger charge is -2.23. The molecule has 3 rings (SSSR count). The lowest BCUT2D eigenvalue weighted by molar-refractivity contribution is -0.134. The molecule has 3 atom stereocenters. The molecule has 3 fully saturated rings. The number of fused-ring (bicyclic) bond motifs is 1. The second-order valence-electron chi connectivity index (χ2n) is 5.65. The minimum atomic E-state index is 0.121. The monoisotopic (exact) mass is 223 g/mol. The Morgan fingerprint density at radius 2 is 1.81 bits per heavy atom. The highest BCUT2D eigenvalue weighted by atomic mass is 16.3. The summed E-state index contributed by atoms with van der Waals surface area (Å²) in [7, 11) is 0. The summed E-state index contributed by atoms with van der Waals surface area (Å²) >= 11 is 0. The molecule has 0 aromatic heterocycles. The van der Waals surface area contributed by atoms with Crippen LogP contribution in [0.15, 0.2) is 0 Å². The smallest absolute Gasteiger partial charge is 0.226 e. The molecule has 0 aromatic carbocycles. The first-order valence-electron chi connectivity index (χ1n) is 6.74. The highest BCUT2D eigenvalue weighted by molar-refractivity contribution is 5.83. The first-order valence-corrected chi connectivity index (χ1v) is 6.74. The molecule has 1 heterocycles. The number of aliphatic hydroxyl groups excluding tert-OH is 1. The molecule has 0 aromatic rings. The van der Waals surface area contributed by atoms with Gasteiger partial charge in [-0.15, -0.1) is 0 Å². The van der Waals surface area contributed by atoms with Gasteiger partial charge in [0, 0.05) is 12.5 Å². The fourth-order valence-corrected chi connectivity index (χ4v) is 3.87. The van der Waals surface area contributed by atoms with E-state index in [1.807, 2.05) is 4.90 Å². The van der Waals surface area contributed by atoms with E-state index in [2.05, 4.69) is 0 Å². The maximum atomic E-state index is 12.4. The summed E-state index contributed by atoms with van der Waals surface area (Å²) < 4.78 is 0. The Kier molecular flexibility index (Phi) is 2.66. The zero-order valence-electron chi connectivity index (χ0n) is 9.77. The minimum Gasteiger partial charge on any atom is -0.394 e. The number of amides is 1. The SMILES string of the molecule is O=C(C1C2CCCCC21)N1CCC[C@H]1CO. The number of carbonyl (C=O) groups is 1. The second-order valence-corrected chi connectivity index (χ2v) is 5.65. The molecule has 1 aliphatic heterocycles. The van der Waals surface area contributed by atoms with Crippen molar-refractivity contribution < 1.29 is 9.90 Å². The highest BCUT2D eigenvalue weighted by Gasteiger charge is 2.56. The van der Waals surface area contributed by atoms with E-state index in [1.54, 1.807) is 0 Å². The van der Waals surface area contributed by atoms with Gasteiger partial charge in [0.2, 0.25) is 5.91 Å². The maximum Gasteiger partial charge on any atom is 0.226 e. The number of aliphatic hydroxyl groups is 1. The van der Waals surface area contributed by atoms with Crippen LogP contribution < -0.4 is 0 Å². The van der Waals surface area contributed by atoms with Crippen molar-refractivity contribution in [2.24, 2.45) is 17.8 Å². The topological polar surface area (TPSA) is 40.5 Å². The number of carbonyl (C=O) groups excluding carboxylic acids is 1. The quantitative estimate of drug-likeness (QED) is 0.769. The number of rotatable bonds is 2. The molecule has 1 amide bonds. The normalized spacial score (nSPS) is 41.9. The molecule has 1 saturated heterocycles. The molecule has 2 aliphatic carbocycles. The lowest BCUT2D eigenvalue weighted by Crippen LogP contribution is -2.39. The van der Waals surface area contributed by atoms with Crippen LogP contribution in [-0.4, -0.2) is 35.1 Å². The Bertz CT molecular complexity index is 280. The van der Waals surface area contributed by atoms with Gasteiger partial charge < -0.3 is 10.0 Å². The van der Waals surface area contributed by atoms with Gasteiger partial charge in [0.1, 0.15) is 0 Å². The summed E-state index contributed by atoms with van der Waals surface area (Å²) in [6.45, 7) is 1.02. The molecular weight excluding hydrogens is 202 g/mol. The maximum absolute atomic E-state index is 12.4. The van der Waals surface area contributed by atoms with Crippen molar-refractivity contribution in [3.63, 3.8) is 0 Å². The van der Waals surface area contributed by atoms with E-state index >= 15 is 0 Å². The van der Waals surface area contributed by atoms with Crippen LogP contribution in [0.1, 0.15) is 38.5 Å². The summed E-state index contributed by atoms with van der Waals surface area (Å²) in [5.41, 5.74) is 0. The van der Waals surface area contributed by atoms with Crippen molar-refractivity contribution >= 4 is 5.91 Å². The summed E-state index contributed by atoms with van der Waals surface area (Å²) in [6.07, 6.45) is 7.21. The van der Waals surface area contributed by atoms with E-state index < -0.39 is 0 Å². The van der Waals surface area contributed by atoms with Gasteiger partial charge in [-0.05, 0) is 37.5 Å². The average molecular weight is 223 g/mol. The van der Waals surface area contributed by atoms with E-state index in [0.29, 0.717) is 23.7 Å². The third-order valence-corrected chi connectivity index (χ3v) is 4.81. The van der Waals surface area contributed by atoms with Crippen LogP contribution in [0.2, 0.25) is 0 Å². The zero-order valence-corrected chi connectivity index (χ0v) is 9.77. The fourth-order valence-electron chi connectivity index (χ4n) is 3.87. The van der Waals surface area contributed by atoms with Gasteiger partial charge in [0.25, 0.3) is 0 Å². The van der Waals surface area contributed by atoms with Crippen LogP contribution in [0, 0.1) is 17.8 Å². The molecule has 0 radical (unpaired) electrons. The van der Waals surface area contributed by atoms with Crippen molar-refractivity contribution in [1.82, 2.24) is 4.90 Å². The molecule has 90 valence electrons. The van der Waals surface area contributed by atoms with Gasteiger partial charge >= 0.3 is 0 Å². The Balaban J connectivity index is 1.65. The fraction of sp³-hybridized carbons (Fsp3) is 0.923. The molecule has 16 heavy (non-hydrogen) atoms. The Morgan fingerprint density at radius 3 is 2.44 bits per heavy atom. The first-order chi connectivity index (χ1) is 7.83. The van der Waals surface area contributed by atoms with E-state index in [4.69, 9.17) is 0 Å². The Labute approximate surface area is 96.8 Å². The second kappa shape index (κ2) is 4.02. The lowest BCUT2D eigenvalue weighted by atomic mass is 10.0. The van der Waals surface area contributed by atoms with Crippen LogP contribution in [0.25, 0.3) is 0 Å². The van der Waals surface area contributed by atoms with Crippen LogP contribution in [-0.2, 0) is 4.79 Å². The number of hydrogen-bond donors (Lipinski definition) is 1. The van der Waals surface area contributed by atoms with Gasteiger partial charge in [-0.1, -0.05) is 12.8 Å². The van der Waals surface area contributed by atoms with Gasteiger partial charge in [-0.2, -0.15) is 0 Å². The average Bonchev–Trinajstić information content (AvgIpc) is 2.84. The van der Waals surface area contributed by atoms with Crippen molar-refractivity contribution in [2.45, 2.75) is 44.6 Å². The molecule has 0 spiro atoms. The van der Waals surface area contributed by atoms with Crippen LogP contribution in [0.5, 0.6) is 0 Å². The Hall–Kier alpha value is -0.570. The summed E-state index contributed by atoms with van der Waals surface area (Å²) in [4.78, 5) is 14.3.